The zero-order chi connectivity index (χ0) is 25.1. The largest absolute Gasteiger partial charge is 0.352 e. The summed E-state index contributed by atoms with van der Waals surface area (Å²) in [7, 11) is 0. The molecule has 2 aromatic carbocycles. The fourth-order valence-electron chi connectivity index (χ4n) is 5.00. The third-order valence-corrected chi connectivity index (χ3v) is 7.17. The minimum Gasteiger partial charge on any atom is -0.352 e. The van der Waals surface area contributed by atoms with Gasteiger partial charge in [0.25, 0.3) is 5.56 Å². The van der Waals surface area contributed by atoms with Crippen molar-refractivity contribution in [3.8, 4) is 11.4 Å². The summed E-state index contributed by atoms with van der Waals surface area (Å²) in [4.78, 5) is 33.6. The van der Waals surface area contributed by atoms with Crippen LogP contribution in [0.1, 0.15) is 52.0 Å². The molecule has 0 saturated heterocycles. The monoisotopic (exact) mass is 494 g/mol. The van der Waals surface area contributed by atoms with Crippen molar-refractivity contribution in [3.63, 3.8) is 0 Å². The minimum atomic E-state index is -0.221. The molecule has 0 aliphatic heterocycles. The highest BCUT2D eigenvalue weighted by Gasteiger charge is 2.31. The van der Waals surface area contributed by atoms with Crippen LogP contribution >= 0.6 is 11.6 Å². The maximum Gasteiger partial charge on any atom is 0.262 e. The molecule has 1 amide bonds. The van der Waals surface area contributed by atoms with E-state index >= 15 is 0 Å². The van der Waals surface area contributed by atoms with Crippen LogP contribution in [0, 0.1) is 5.92 Å². The number of nitrogens with one attached hydrogen (secondary N) is 1. The molecule has 0 radical (unpaired) electrons. The highest BCUT2D eigenvalue weighted by molar-refractivity contribution is 6.30. The third-order valence-electron chi connectivity index (χ3n) is 6.93. The van der Waals surface area contributed by atoms with Gasteiger partial charge in [0, 0.05) is 23.2 Å². The van der Waals surface area contributed by atoms with E-state index in [1.54, 1.807) is 12.1 Å². The zero-order valence-electron chi connectivity index (χ0n) is 21.1. The minimum absolute atomic E-state index is 0.0178. The van der Waals surface area contributed by atoms with Gasteiger partial charge in [-0.1, -0.05) is 43.6 Å². The Morgan fingerprint density at radius 2 is 1.91 bits per heavy atom. The summed E-state index contributed by atoms with van der Waals surface area (Å²) in [6, 6.07) is 13.2. The van der Waals surface area contributed by atoms with Crippen LogP contribution < -0.4 is 10.9 Å². The van der Waals surface area contributed by atoms with Crippen molar-refractivity contribution in [2.24, 2.45) is 5.92 Å². The van der Waals surface area contributed by atoms with Crippen molar-refractivity contribution in [2.75, 3.05) is 19.6 Å². The smallest absolute Gasteiger partial charge is 0.262 e. The fourth-order valence-corrected chi connectivity index (χ4v) is 5.19. The molecule has 0 bridgehead atoms. The van der Waals surface area contributed by atoms with Crippen LogP contribution in [0.2, 0.25) is 5.02 Å². The SMILES string of the molecule is CCN(CC)CC1CC(c2ccc3nc(-c4cccc(Cl)c4)n(CC(=O)NC(C)C)c(=O)c3c2)C1. The normalized spacial score (nSPS) is 17.7. The van der Waals surface area contributed by atoms with Gasteiger partial charge in [0.1, 0.15) is 12.4 Å². The molecule has 1 aliphatic carbocycles. The first-order valence-electron chi connectivity index (χ1n) is 12.6. The molecule has 1 saturated carbocycles. The van der Waals surface area contributed by atoms with E-state index in [4.69, 9.17) is 16.6 Å². The van der Waals surface area contributed by atoms with Gasteiger partial charge in [-0.2, -0.15) is 0 Å². The van der Waals surface area contributed by atoms with Gasteiger partial charge in [-0.3, -0.25) is 14.2 Å². The summed E-state index contributed by atoms with van der Waals surface area (Å²) in [5.74, 6) is 1.39. The number of rotatable bonds is 9. The predicted octanol–water partition coefficient (Wildman–Crippen LogP) is 5.08. The molecule has 186 valence electrons. The predicted molar refractivity (Wildman–Crippen MR) is 143 cm³/mol. The summed E-state index contributed by atoms with van der Waals surface area (Å²) in [5.41, 5.74) is 2.31. The lowest BCUT2D eigenvalue weighted by molar-refractivity contribution is -0.122. The van der Waals surface area contributed by atoms with Crippen molar-refractivity contribution in [1.29, 1.82) is 0 Å². The summed E-state index contributed by atoms with van der Waals surface area (Å²) in [6.45, 7) is 11.4. The van der Waals surface area contributed by atoms with Crippen molar-refractivity contribution >= 4 is 28.4 Å². The van der Waals surface area contributed by atoms with E-state index in [1.165, 1.54) is 10.1 Å². The number of carbonyl (C=O) groups excluding carboxylic acids is 1. The Labute approximate surface area is 212 Å². The van der Waals surface area contributed by atoms with Crippen molar-refractivity contribution in [2.45, 2.75) is 59.0 Å². The molecule has 1 aliphatic rings. The molecule has 1 N–H and O–H groups in total. The number of aromatic nitrogens is 2. The molecule has 1 aromatic heterocycles. The van der Waals surface area contributed by atoms with Crippen LogP contribution in [0.4, 0.5) is 0 Å². The van der Waals surface area contributed by atoms with Gasteiger partial charge in [-0.05, 0) is 81.4 Å². The fraction of sp³-hybridized carbons (Fsp3) is 0.464. The molecular formula is C28H35ClN4O2. The van der Waals surface area contributed by atoms with Crippen molar-refractivity contribution in [1.82, 2.24) is 19.8 Å². The Hall–Kier alpha value is -2.70. The number of halogens is 1. The molecule has 7 heteroatoms. The van der Waals surface area contributed by atoms with Crippen molar-refractivity contribution in [3.05, 3.63) is 63.4 Å². The molecule has 1 fully saturated rings. The number of hydrogen-bond acceptors (Lipinski definition) is 4. The lowest BCUT2D eigenvalue weighted by Gasteiger charge is -2.38. The number of hydrogen-bond donors (Lipinski definition) is 1. The van der Waals surface area contributed by atoms with E-state index in [0.717, 1.165) is 32.5 Å². The summed E-state index contributed by atoms with van der Waals surface area (Å²) >= 11 is 6.22. The van der Waals surface area contributed by atoms with Gasteiger partial charge in [0.15, 0.2) is 0 Å². The first-order chi connectivity index (χ1) is 16.8. The van der Waals surface area contributed by atoms with E-state index in [2.05, 4.69) is 30.1 Å². The molecule has 0 atom stereocenters. The molecule has 1 heterocycles. The highest BCUT2D eigenvalue weighted by atomic mass is 35.5. The van der Waals surface area contributed by atoms with E-state index in [0.29, 0.717) is 39.1 Å². The maximum atomic E-state index is 13.7. The topological polar surface area (TPSA) is 67.2 Å². The van der Waals surface area contributed by atoms with Gasteiger partial charge < -0.3 is 10.2 Å². The first kappa shape index (κ1) is 25.4. The van der Waals surface area contributed by atoms with Gasteiger partial charge >= 0.3 is 0 Å². The lowest BCUT2D eigenvalue weighted by atomic mass is 9.71. The van der Waals surface area contributed by atoms with Gasteiger partial charge in [-0.15, -0.1) is 0 Å². The molecule has 0 spiro atoms. The molecule has 4 rings (SSSR count). The molecule has 0 unspecified atom stereocenters. The van der Waals surface area contributed by atoms with Gasteiger partial charge in [0.05, 0.1) is 10.9 Å². The second-order valence-corrected chi connectivity index (χ2v) is 10.3. The van der Waals surface area contributed by atoms with E-state index in [1.807, 2.05) is 38.1 Å². The highest BCUT2D eigenvalue weighted by Crippen LogP contribution is 2.42. The average molecular weight is 495 g/mol. The molecular weight excluding hydrogens is 460 g/mol. The van der Waals surface area contributed by atoms with Crippen LogP contribution in [0.15, 0.2) is 47.3 Å². The number of amides is 1. The van der Waals surface area contributed by atoms with Crippen LogP contribution in [-0.2, 0) is 11.3 Å². The van der Waals surface area contributed by atoms with Crippen LogP contribution in [0.3, 0.4) is 0 Å². The quantitative estimate of drug-likeness (QED) is 0.450. The standard InChI is InChI=1S/C28H35ClN4O2/c1-5-32(6-2)16-19-12-22(13-19)20-10-11-25-24(15-20)28(35)33(17-26(34)30-18(3)4)27(31-25)21-8-7-9-23(29)14-21/h7-11,14-15,18-19,22H,5-6,12-13,16-17H2,1-4H3,(H,30,34). The average Bonchev–Trinajstić information content (AvgIpc) is 2.79. The van der Waals surface area contributed by atoms with Gasteiger partial charge in [0.2, 0.25) is 5.91 Å². The summed E-state index contributed by atoms with van der Waals surface area (Å²) in [5, 5.41) is 3.98. The van der Waals surface area contributed by atoms with Crippen LogP contribution in [0.25, 0.3) is 22.3 Å². The zero-order valence-corrected chi connectivity index (χ0v) is 21.8. The van der Waals surface area contributed by atoms with E-state index in [9.17, 15) is 9.59 Å². The Morgan fingerprint density at radius 3 is 2.57 bits per heavy atom. The van der Waals surface area contributed by atoms with Crippen molar-refractivity contribution < 1.29 is 4.79 Å². The second-order valence-electron chi connectivity index (χ2n) is 9.86. The van der Waals surface area contributed by atoms with Crippen LogP contribution in [0.5, 0.6) is 0 Å². The number of benzene rings is 2. The summed E-state index contributed by atoms with van der Waals surface area (Å²) < 4.78 is 1.47. The summed E-state index contributed by atoms with van der Waals surface area (Å²) in [6.07, 6.45) is 2.28. The van der Waals surface area contributed by atoms with Gasteiger partial charge in [-0.25, -0.2) is 4.98 Å². The lowest BCUT2D eigenvalue weighted by Crippen LogP contribution is -2.37. The number of carbonyl (C=O) groups is 1. The maximum absolute atomic E-state index is 13.7. The number of nitrogens with zero attached hydrogens (tertiary/aromatic N) is 3. The first-order valence-corrected chi connectivity index (χ1v) is 13.0. The second kappa shape index (κ2) is 10.9. The molecule has 35 heavy (non-hydrogen) atoms. The Bertz CT molecular complexity index is 1260. The molecule has 3 aromatic rings. The molecule has 6 nitrogen and oxygen atoms in total. The Balaban J connectivity index is 1.69. The van der Waals surface area contributed by atoms with E-state index < -0.39 is 0 Å². The van der Waals surface area contributed by atoms with Crippen LogP contribution in [-0.4, -0.2) is 46.0 Å². The Kier molecular flexibility index (Phi) is 7.92. The van der Waals surface area contributed by atoms with E-state index in [-0.39, 0.29) is 24.1 Å². The number of fused-ring (bicyclic) bond motifs is 1. The Morgan fingerprint density at radius 1 is 1.17 bits per heavy atom. The third kappa shape index (κ3) is 5.76.